The van der Waals surface area contributed by atoms with Crippen molar-refractivity contribution in [2.45, 2.75) is 85.4 Å². The van der Waals surface area contributed by atoms with Gasteiger partial charge in [-0.25, -0.2) is 4.79 Å². The fraction of sp³-hybridized carbons (Fsp3) is 0.633. The summed E-state index contributed by atoms with van der Waals surface area (Å²) in [5.74, 6) is -1.55. The van der Waals surface area contributed by atoms with E-state index in [1.807, 2.05) is 97.8 Å². The summed E-state index contributed by atoms with van der Waals surface area (Å²) in [7, 11) is 5.34. The number of carbonyl (C=O) groups excluding carboxylic acids is 3. The van der Waals surface area contributed by atoms with Crippen molar-refractivity contribution in [1.29, 1.82) is 0 Å². The molecule has 1 aromatic rings. The Morgan fingerprint density at radius 3 is 1.92 bits per heavy atom. The largest absolute Gasteiger partial charge is 0.463 e. The van der Waals surface area contributed by atoms with Crippen LogP contribution in [0.25, 0.3) is 0 Å². The van der Waals surface area contributed by atoms with E-state index in [0.29, 0.717) is 5.57 Å². The van der Waals surface area contributed by atoms with E-state index in [1.54, 1.807) is 27.0 Å². The maximum Gasteiger partial charge on any atom is 0.333 e. The van der Waals surface area contributed by atoms with Crippen LogP contribution in [0.4, 0.5) is 0 Å². The number of ether oxygens (including phenoxy) is 1. The first-order chi connectivity index (χ1) is 16.9. The number of Topliss-reactive ketones (excluding diaryl/α,β-unsaturated/α-hetero) is 1. The third kappa shape index (κ3) is 6.50. The van der Waals surface area contributed by atoms with Crippen LogP contribution in [0.5, 0.6) is 0 Å². The smallest absolute Gasteiger partial charge is 0.333 e. The van der Waals surface area contributed by atoms with Crippen molar-refractivity contribution in [3.05, 3.63) is 47.5 Å². The number of nitrogens with two attached hydrogens (primary N) is 1. The van der Waals surface area contributed by atoms with Crippen LogP contribution < -0.4 is 5.73 Å². The summed E-state index contributed by atoms with van der Waals surface area (Å²) >= 11 is 0. The standard InChI is InChI=1S/C30H49N3O4/c1-13-37-25(34)21(4)19-24(20(2)3)33(12)27(36)30(31,28(6,7)8)26(35)29(9,32(10)11)22(5)23-17-15-14-16-18-23/h14-20,22,24H,13,31H2,1-12H3/t22?,24-,29-,30-/m1/s1. The van der Waals surface area contributed by atoms with Crippen LogP contribution in [0, 0.1) is 11.3 Å². The number of nitrogens with zero attached hydrogens (tertiary/aromatic N) is 2. The summed E-state index contributed by atoms with van der Waals surface area (Å²) in [6.45, 7) is 16.9. The number of likely N-dealkylation sites (N-methyl/N-ethyl adjacent to an activating group) is 2. The average molecular weight is 516 g/mol. The van der Waals surface area contributed by atoms with Gasteiger partial charge in [-0.2, -0.15) is 0 Å². The van der Waals surface area contributed by atoms with Crippen molar-refractivity contribution in [2.75, 3.05) is 27.7 Å². The normalized spacial score (nSPS) is 17.5. The van der Waals surface area contributed by atoms with Crippen LogP contribution in [0.3, 0.4) is 0 Å². The van der Waals surface area contributed by atoms with Gasteiger partial charge in [-0.05, 0) is 51.8 Å². The van der Waals surface area contributed by atoms with Gasteiger partial charge in [-0.3, -0.25) is 14.5 Å². The Morgan fingerprint density at radius 1 is 1.00 bits per heavy atom. The van der Waals surface area contributed by atoms with Gasteiger partial charge in [0, 0.05) is 18.5 Å². The van der Waals surface area contributed by atoms with E-state index in [-0.39, 0.29) is 24.2 Å². The van der Waals surface area contributed by atoms with Crippen LogP contribution in [0.15, 0.2) is 42.0 Å². The topological polar surface area (TPSA) is 92.9 Å². The molecule has 0 spiro atoms. The van der Waals surface area contributed by atoms with Gasteiger partial charge in [0.15, 0.2) is 11.3 Å². The predicted molar refractivity (Wildman–Crippen MR) is 150 cm³/mol. The first-order valence-electron chi connectivity index (χ1n) is 13.1. The van der Waals surface area contributed by atoms with Crippen LogP contribution in [0.1, 0.15) is 73.8 Å². The third-order valence-electron chi connectivity index (χ3n) is 7.88. The maximum absolute atomic E-state index is 14.6. The number of benzene rings is 1. The molecule has 1 rings (SSSR count). The van der Waals surface area contributed by atoms with Gasteiger partial charge in [0.05, 0.1) is 18.2 Å². The SMILES string of the molecule is CCOC(=O)C(C)=C[C@H](C(C)C)N(C)C(=O)[C@](N)(C(=O)[C@@](C)(C(C)c1ccccc1)N(C)C)C(C)(C)C. The Bertz CT molecular complexity index is 980. The maximum atomic E-state index is 14.6. The van der Waals surface area contributed by atoms with E-state index in [4.69, 9.17) is 10.5 Å². The molecule has 0 bridgehead atoms. The van der Waals surface area contributed by atoms with Gasteiger partial charge in [-0.15, -0.1) is 0 Å². The van der Waals surface area contributed by atoms with Crippen molar-refractivity contribution >= 4 is 17.7 Å². The molecular weight excluding hydrogens is 466 g/mol. The molecule has 0 saturated carbocycles. The van der Waals surface area contributed by atoms with Crippen molar-refractivity contribution in [2.24, 2.45) is 17.1 Å². The first-order valence-corrected chi connectivity index (χ1v) is 13.1. The molecule has 7 heteroatoms. The number of carbonyl (C=O) groups is 3. The molecule has 37 heavy (non-hydrogen) atoms. The minimum atomic E-state index is -1.84. The fourth-order valence-electron chi connectivity index (χ4n) is 4.75. The van der Waals surface area contributed by atoms with Crippen LogP contribution >= 0.6 is 0 Å². The molecule has 2 N–H and O–H groups in total. The Hall–Kier alpha value is -2.51. The van der Waals surface area contributed by atoms with E-state index in [2.05, 4.69) is 0 Å². The lowest BCUT2D eigenvalue weighted by Gasteiger charge is -2.50. The highest BCUT2D eigenvalue weighted by atomic mass is 16.5. The minimum Gasteiger partial charge on any atom is -0.463 e. The number of hydrogen-bond donors (Lipinski definition) is 1. The summed E-state index contributed by atoms with van der Waals surface area (Å²) in [6, 6.07) is 9.32. The Morgan fingerprint density at radius 2 is 1.51 bits per heavy atom. The number of rotatable bonds is 11. The van der Waals surface area contributed by atoms with Crippen molar-refractivity contribution in [3.63, 3.8) is 0 Å². The van der Waals surface area contributed by atoms with Crippen molar-refractivity contribution < 1.29 is 19.1 Å². The molecule has 0 aliphatic heterocycles. The van der Waals surface area contributed by atoms with E-state index < -0.39 is 34.4 Å². The van der Waals surface area contributed by atoms with E-state index in [0.717, 1.165) is 5.56 Å². The lowest BCUT2D eigenvalue weighted by atomic mass is 9.62. The summed E-state index contributed by atoms with van der Waals surface area (Å²) in [4.78, 5) is 44.6. The molecular formula is C30H49N3O4. The van der Waals surface area contributed by atoms with E-state index in [9.17, 15) is 14.4 Å². The monoisotopic (exact) mass is 515 g/mol. The summed E-state index contributed by atoms with van der Waals surface area (Å²) in [6.07, 6.45) is 1.73. The highest BCUT2D eigenvalue weighted by molar-refractivity contribution is 6.15. The molecule has 0 radical (unpaired) electrons. The zero-order valence-electron chi connectivity index (χ0n) is 25.0. The highest BCUT2D eigenvalue weighted by Crippen LogP contribution is 2.41. The average Bonchev–Trinajstić information content (AvgIpc) is 2.83. The second kappa shape index (κ2) is 12.4. The quantitative estimate of drug-likeness (QED) is 0.266. The molecule has 1 unspecified atom stereocenters. The van der Waals surface area contributed by atoms with E-state index >= 15 is 0 Å². The molecule has 1 amide bonds. The molecule has 0 heterocycles. The van der Waals surface area contributed by atoms with Gasteiger partial charge in [0.2, 0.25) is 0 Å². The molecule has 1 aromatic carbocycles. The Labute approximate surface area is 224 Å². The van der Waals surface area contributed by atoms with Gasteiger partial charge in [0.25, 0.3) is 5.91 Å². The number of hydrogen-bond acceptors (Lipinski definition) is 6. The Balaban J connectivity index is 3.68. The van der Waals surface area contributed by atoms with Crippen molar-refractivity contribution in [3.8, 4) is 0 Å². The summed E-state index contributed by atoms with van der Waals surface area (Å²) in [5, 5.41) is 0. The molecule has 0 aliphatic rings. The predicted octanol–water partition coefficient (Wildman–Crippen LogP) is 4.42. The second-order valence-electron chi connectivity index (χ2n) is 11.8. The molecule has 0 saturated heterocycles. The van der Waals surface area contributed by atoms with Crippen LogP contribution in [0.2, 0.25) is 0 Å². The Kier molecular flexibility index (Phi) is 10.9. The summed E-state index contributed by atoms with van der Waals surface area (Å²) in [5.41, 5.74) is 4.56. The molecule has 0 aliphatic carbocycles. The fourth-order valence-corrected chi connectivity index (χ4v) is 4.75. The molecule has 208 valence electrons. The first kappa shape index (κ1) is 32.5. The van der Waals surface area contributed by atoms with Crippen LogP contribution in [-0.2, 0) is 19.1 Å². The highest BCUT2D eigenvalue weighted by Gasteiger charge is 2.60. The number of ketones is 1. The zero-order valence-corrected chi connectivity index (χ0v) is 25.0. The molecule has 0 fully saturated rings. The molecule has 7 nitrogen and oxygen atoms in total. The zero-order chi connectivity index (χ0) is 28.9. The third-order valence-corrected chi connectivity index (χ3v) is 7.88. The lowest BCUT2D eigenvalue weighted by molar-refractivity contribution is -0.155. The van der Waals surface area contributed by atoms with Gasteiger partial charge >= 0.3 is 5.97 Å². The van der Waals surface area contributed by atoms with Crippen LogP contribution in [-0.4, -0.2) is 72.3 Å². The van der Waals surface area contributed by atoms with Gasteiger partial charge in [0.1, 0.15) is 0 Å². The van der Waals surface area contributed by atoms with Gasteiger partial charge < -0.3 is 15.4 Å². The minimum absolute atomic E-state index is 0.0406. The van der Waals surface area contributed by atoms with Crippen molar-refractivity contribution in [1.82, 2.24) is 9.80 Å². The second-order valence-corrected chi connectivity index (χ2v) is 11.8. The molecule has 4 atom stereocenters. The van der Waals surface area contributed by atoms with Gasteiger partial charge in [-0.1, -0.05) is 78.0 Å². The van der Waals surface area contributed by atoms with E-state index in [1.165, 1.54) is 4.90 Å². The summed E-state index contributed by atoms with van der Waals surface area (Å²) < 4.78 is 5.13. The molecule has 0 aromatic heterocycles. The number of amides is 1. The number of esters is 1. The lowest BCUT2D eigenvalue weighted by Crippen LogP contribution is -2.74.